The Morgan fingerprint density at radius 1 is 0.562 bits per heavy atom. The number of carboxylic acid groups (broad SMARTS) is 1. The summed E-state index contributed by atoms with van der Waals surface area (Å²) in [6.07, 6.45) is 1.10. The number of ether oxygens (including phenoxy) is 2. The summed E-state index contributed by atoms with van der Waals surface area (Å²) in [4.78, 5) is 59.7. The smallest absolute Gasteiger partial charge is 0.337 e. The third-order valence-corrected chi connectivity index (χ3v) is 7.67. The van der Waals surface area contributed by atoms with Gasteiger partial charge in [-0.1, -0.05) is 121 Å². The summed E-state index contributed by atoms with van der Waals surface area (Å²) in [5.74, 6) is -3.43. The van der Waals surface area contributed by atoms with Gasteiger partial charge >= 0.3 is 17.9 Å². The molecule has 0 aliphatic carbocycles. The second-order valence-corrected chi connectivity index (χ2v) is 11.0. The summed E-state index contributed by atoms with van der Waals surface area (Å²) in [6, 6.07) is 36.4. The zero-order valence-electron chi connectivity index (χ0n) is 26.1. The second kappa shape index (κ2) is 16.5. The normalized spacial score (nSPS) is 11.9. The van der Waals surface area contributed by atoms with E-state index in [9.17, 15) is 24.3 Å². The van der Waals surface area contributed by atoms with Crippen LogP contribution in [0.5, 0.6) is 0 Å². The quantitative estimate of drug-likeness (QED) is 0.148. The molecule has 0 saturated heterocycles. The molecule has 4 aromatic carbocycles. The van der Waals surface area contributed by atoms with E-state index in [0.29, 0.717) is 0 Å². The van der Waals surface area contributed by atoms with Crippen LogP contribution in [0.1, 0.15) is 43.1 Å². The number of hydrogen-bond donors (Lipinski definition) is 1. The number of amides is 1. The first-order valence-electron chi connectivity index (χ1n) is 15.4. The van der Waals surface area contributed by atoms with Gasteiger partial charge in [0.1, 0.15) is 31.0 Å². The molecule has 1 heterocycles. The first kappa shape index (κ1) is 33.3. The molecule has 0 bridgehead atoms. The van der Waals surface area contributed by atoms with Gasteiger partial charge in [0.05, 0.1) is 5.56 Å². The molecule has 9 nitrogen and oxygen atoms in total. The molecule has 0 saturated carbocycles. The fourth-order valence-corrected chi connectivity index (χ4v) is 5.19. The molecule has 0 spiro atoms. The lowest BCUT2D eigenvalue weighted by Gasteiger charge is -2.36. The van der Waals surface area contributed by atoms with Gasteiger partial charge in [-0.3, -0.25) is 9.78 Å². The number of aromatic carboxylic acids is 1. The van der Waals surface area contributed by atoms with E-state index in [-0.39, 0.29) is 37.3 Å². The number of carbonyl (C=O) groups is 4. The van der Waals surface area contributed by atoms with E-state index in [4.69, 9.17) is 9.47 Å². The molecule has 0 aliphatic rings. The highest BCUT2D eigenvalue weighted by Gasteiger charge is 2.41. The monoisotopic (exact) mass is 642 g/mol. The average Bonchev–Trinajstić information content (AvgIpc) is 3.13. The Morgan fingerprint density at radius 3 is 1.31 bits per heavy atom. The van der Waals surface area contributed by atoms with E-state index in [1.165, 1.54) is 17.0 Å². The van der Waals surface area contributed by atoms with Crippen molar-refractivity contribution in [1.29, 1.82) is 0 Å². The second-order valence-electron chi connectivity index (χ2n) is 11.0. The van der Waals surface area contributed by atoms with Gasteiger partial charge in [0.15, 0.2) is 0 Å². The van der Waals surface area contributed by atoms with Gasteiger partial charge in [0.25, 0.3) is 5.91 Å². The summed E-state index contributed by atoms with van der Waals surface area (Å²) in [7, 11) is 0. The van der Waals surface area contributed by atoms with Crippen LogP contribution >= 0.6 is 0 Å². The van der Waals surface area contributed by atoms with E-state index in [1.54, 1.807) is 0 Å². The Bertz CT molecular complexity index is 1700. The lowest BCUT2D eigenvalue weighted by Crippen LogP contribution is -2.56. The van der Waals surface area contributed by atoms with E-state index >= 15 is 0 Å². The topological polar surface area (TPSA) is 123 Å². The number of benzene rings is 4. The minimum absolute atomic E-state index is 0.0185. The summed E-state index contributed by atoms with van der Waals surface area (Å²) < 4.78 is 11.6. The Balaban J connectivity index is 1.59. The molecule has 2 unspecified atom stereocenters. The third-order valence-electron chi connectivity index (χ3n) is 7.67. The largest absolute Gasteiger partial charge is 0.478 e. The van der Waals surface area contributed by atoms with Gasteiger partial charge in [0, 0.05) is 19.0 Å². The van der Waals surface area contributed by atoms with E-state index in [1.807, 2.05) is 121 Å². The van der Waals surface area contributed by atoms with Crippen LogP contribution in [0.15, 0.2) is 140 Å². The van der Waals surface area contributed by atoms with Crippen LogP contribution in [0.2, 0.25) is 0 Å². The van der Waals surface area contributed by atoms with Crippen molar-refractivity contribution in [3.63, 3.8) is 0 Å². The summed E-state index contributed by atoms with van der Waals surface area (Å²) in [5.41, 5.74) is 2.67. The standard InChI is InChI=1S/C39H34N2O7/c42-36(33-22-21-32(25-40-33)37(43)44)41(34(23-28-13-5-1-6-14-28)38(45)47-26-30-17-9-3-10-18-30)35(24-29-15-7-2-8-16-29)39(46)48-27-31-19-11-4-12-20-31/h1-22,25,34-35H,23-24,26-27H2,(H,43,44). The Morgan fingerprint density at radius 2 is 0.958 bits per heavy atom. The molecular weight excluding hydrogens is 608 g/mol. The van der Waals surface area contributed by atoms with Crippen LogP contribution in [0.25, 0.3) is 0 Å². The van der Waals surface area contributed by atoms with Crippen LogP contribution in [-0.4, -0.2) is 50.9 Å². The van der Waals surface area contributed by atoms with E-state index < -0.39 is 35.9 Å². The Kier molecular flexibility index (Phi) is 11.4. The number of aromatic nitrogens is 1. The van der Waals surface area contributed by atoms with Crippen LogP contribution in [0.3, 0.4) is 0 Å². The lowest BCUT2D eigenvalue weighted by molar-refractivity contribution is -0.157. The van der Waals surface area contributed by atoms with Gasteiger partial charge in [-0.25, -0.2) is 14.4 Å². The number of rotatable bonds is 14. The van der Waals surface area contributed by atoms with Crippen molar-refractivity contribution in [2.45, 2.75) is 38.1 Å². The Hall–Kier alpha value is -6.09. The first-order valence-corrected chi connectivity index (χ1v) is 15.4. The van der Waals surface area contributed by atoms with Gasteiger partial charge in [-0.15, -0.1) is 0 Å². The fraction of sp³-hybridized carbons (Fsp3) is 0.154. The van der Waals surface area contributed by atoms with Gasteiger partial charge in [-0.2, -0.15) is 0 Å². The maximum absolute atomic E-state index is 14.5. The van der Waals surface area contributed by atoms with Crippen molar-refractivity contribution < 1.29 is 33.8 Å². The molecule has 9 heteroatoms. The number of carboxylic acids is 1. The van der Waals surface area contributed by atoms with Crippen LogP contribution in [0.4, 0.5) is 0 Å². The number of pyridine rings is 1. The summed E-state index contributed by atoms with van der Waals surface area (Å²) >= 11 is 0. The molecule has 48 heavy (non-hydrogen) atoms. The van der Waals surface area contributed by atoms with Crippen molar-refractivity contribution >= 4 is 23.8 Å². The van der Waals surface area contributed by atoms with Crippen molar-refractivity contribution in [3.8, 4) is 0 Å². The maximum atomic E-state index is 14.5. The molecule has 0 aliphatic heterocycles. The maximum Gasteiger partial charge on any atom is 0.337 e. The van der Waals surface area contributed by atoms with Crippen LogP contribution in [0, 0.1) is 0 Å². The average molecular weight is 643 g/mol. The zero-order chi connectivity index (χ0) is 33.7. The molecular formula is C39H34N2O7. The third kappa shape index (κ3) is 9.01. The first-order chi connectivity index (χ1) is 23.4. The highest BCUT2D eigenvalue weighted by Crippen LogP contribution is 2.23. The van der Waals surface area contributed by atoms with Crippen molar-refractivity contribution in [3.05, 3.63) is 173 Å². The van der Waals surface area contributed by atoms with Gasteiger partial charge in [-0.05, 0) is 34.4 Å². The molecule has 5 aromatic rings. The summed E-state index contributed by atoms with van der Waals surface area (Å²) in [5, 5.41) is 9.42. The number of esters is 2. The highest BCUT2D eigenvalue weighted by molar-refractivity contribution is 5.99. The molecule has 1 N–H and O–H groups in total. The van der Waals surface area contributed by atoms with Gasteiger partial charge < -0.3 is 19.5 Å². The minimum atomic E-state index is -1.29. The molecule has 0 fully saturated rings. The van der Waals surface area contributed by atoms with Crippen molar-refractivity contribution in [2.75, 3.05) is 0 Å². The predicted molar refractivity (Wildman–Crippen MR) is 178 cm³/mol. The predicted octanol–water partition coefficient (Wildman–Crippen LogP) is 5.93. The lowest BCUT2D eigenvalue weighted by atomic mass is 9.98. The molecule has 1 amide bonds. The van der Waals surface area contributed by atoms with E-state index in [2.05, 4.69) is 4.98 Å². The molecule has 5 rings (SSSR count). The Labute approximate surface area is 278 Å². The minimum Gasteiger partial charge on any atom is -0.478 e. The van der Waals surface area contributed by atoms with Crippen LogP contribution < -0.4 is 0 Å². The molecule has 242 valence electrons. The van der Waals surface area contributed by atoms with Crippen LogP contribution in [-0.2, 0) is 45.1 Å². The van der Waals surface area contributed by atoms with Gasteiger partial charge in [0.2, 0.25) is 0 Å². The number of hydrogen-bond acceptors (Lipinski definition) is 7. The molecule has 2 atom stereocenters. The number of nitrogens with zero attached hydrogens (tertiary/aromatic N) is 2. The van der Waals surface area contributed by atoms with Crippen molar-refractivity contribution in [2.24, 2.45) is 0 Å². The fourth-order valence-electron chi connectivity index (χ4n) is 5.19. The van der Waals surface area contributed by atoms with E-state index in [0.717, 1.165) is 28.5 Å². The molecule has 1 aromatic heterocycles. The zero-order valence-corrected chi connectivity index (χ0v) is 26.1. The number of carbonyl (C=O) groups excluding carboxylic acids is 3. The van der Waals surface area contributed by atoms with Crippen molar-refractivity contribution in [1.82, 2.24) is 9.88 Å². The summed E-state index contributed by atoms with van der Waals surface area (Å²) in [6.45, 7) is -0.110. The molecule has 0 radical (unpaired) electrons. The highest BCUT2D eigenvalue weighted by atomic mass is 16.5. The SMILES string of the molecule is O=C(O)c1ccc(C(=O)N(C(Cc2ccccc2)C(=O)OCc2ccccc2)C(Cc2ccccc2)C(=O)OCc2ccccc2)nc1.